The van der Waals surface area contributed by atoms with Crippen molar-refractivity contribution in [3.05, 3.63) is 45.9 Å². The molecular formula is C17H21N3O3. The van der Waals surface area contributed by atoms with Crippen LogP contribution in [0.2, 0.25) is 0 Å². The third-order valence-corrected chi connectivity index (χ3v) is 4.08. The normalized spacial score (nSPS) is 11.6. The first-order valence-corrected chi connectivity index (χ1v) is 7.69. The van der Waals surface area contributed by atoms with Gasteiger partial charge in [-0.3, -0.25) is 4.79 Å². The summed E-state index contributed by atoms with van der Waals surface area (Å²) < 4.78 is 14.3. The zero-order valence-corrected chi connectivity index (χ0v) is 13.7. The van der Waals surface area contributed by atoms with Gasteiger partial charge in [0.1, 0.15) is 0 Å². The molecule has 1 aromatic carbocycles. The highest BCUT2D eigenvalue weighted by atomic mass is 16.5. The van der Waals surface area contributed by atoms with E-state index in [4.69, 9.17) is 9.47 Å². The Hall–Kier alpha value is -2.18. The van der Waals surface area contributed by atoms with E-state index in [2.05, 4.69) is 4.98 Å². The van der Waals surface area contributed by atoms with Crippen molar-refractivity contribution >= 4 is 16.8 Å². The van der Waals surface area contributed by atoms with Crippen molar-refractivity contribution in [3.63, 3.8) is 0 Å². The molecule has 0 saturated carbocycles. The fourth-order valence-electron chi connectivity index (χ4n) is 2.71. The third-order valence-electron chi connectivity index (χ3n) is 4.08. The smallest absolute Gasteiger partial charge is 0.262 e. The standard InChI is InChI=1S/C17H21N3O3/c1-12-13(2)18-17-19(8-9-23-11-10-22-3)14-6-4-5-7-15(14)20(17)16(12)21/h4-7H,8-11H2,1-3H3. The molecule has 0 bridgehead atoms. The van der Waals surface area contributed by atoms with Crippen LogP contribution in [0.15, 0.2) is 29.1 Å². The first-order chi connectivity index (χ1) is 11.1. The predicted molar refractivity (Wildman–Crippen MR) is 89.1 cm³/mol. The maximum Gasteiger partial charge on any atom is 0.262 e. The summed E-state index contributed by atoms with van der Waals surface area (Å²) in [5, 5.41) is 0. The van der Waals surface area contributed by atoms with E-state index in [9.17, 15) is 4.79 Å². The lowest BCUT2D eigenvalue weighted by atomic mass is 10.2. The largest absolute Gasteiger partial charge is 0.382 e. The molecule has 0 amide bonds. The average Bonchev–Trinajstić information content (AvgIpc) is 2.86. The van der Waals surface area contributed by atoms with Crippen molar-refractivity contribution in [1.29, 1.82) is 0 Å². The third kappa shape index (κ3) is 2.75. The van der Waals surface area contributed by atoms with Crippen LogP contribution in [-0.4, -0.2) is 40.9 Å². The van der Waals surface area contributed by atoms with Gasteiger partial charge in [-0.1, -0.05) is 12.1 Å². The van der Waals surface area contributed by atoms with E-state index in [1.54, 1.807) is 11.5 Å². The van der Waals surface area contributed by atoms with Crippen LogP contribution in [0.4, 0.5) is 0 Å². The van der Waals surface area contributed by atoms with Gasteiger partial charge in [-0.15, -0.1) is 0 Å². The van der Waals surface area contributed by atoms with Gasteiger partial charge < -0.3 is 14.0 Å². The predicted octanol–water partition coefficient (Wildman–Crippen LogP) is 1.93. The molecule has 0 N–H and O–H groups in total. The van der Waals surface area contributed by atoms with Crippen molar-refractivity contribution in [2.24, 2.45) is 0 Å². The van der Waals surface area contributed by atoms with E-state index < -0.39 is 0 Å². The van der Waals surface area contributed by atoms with Crippen molar-refractivity contribution in [1.82, 2.24) is 14.0 Å². The molecule has 0 spiro atoms. The number of nitrogens with zero attached hydrogens (tertiary/aromatic N) is 3. The molecule has 2 heterocycles. The summed E-state index contributed by atoms with van der Waals surface area (Å²) in [4.78, 5) is 17.3. The molecule has 6 nitrogen and oxygen atoms in total. The Morgan fingerprint density at radius 1 is 1.09 bits per heavy atom. The minimum Gasteiger partial charge on any atom is -0.382 e. The number of aromatic nitrogens is 3. The number of hydrogen-bond donors (Lipinski definition) is 0. The van der Waals surface area contributed by atoms with Crippen LogP contribution in [0.1, 0.15) is 11.3 Å². The molecule has 0 atom stereocenters. The summed E-state index contributed by atoms with van der Waals surface area (Å²) in [7, 11) is 1.65. The lowest BCUT2D eigenvalue weighted by Gasteiger charge is -2.07. The van der Waals surface area contributed by atoms with Crippen LogP contribution in [0.25, 0.3) is 16.8 Å². The van der Waals surface area contributed by atoms with E-state index in [-0.39, 0.29) is 5.56 Å². The summed E-state index contributed by atoms with van der Waals surface area (Å²) >= 11 is 0. The van der Waals surface area contributed by atoms with Gasteiger partial charge in [-0.05, 0) is 26.0 Å². The first-order valence-electron chi connectivity index (χ1n) is 7.69. The van der Waals surface area contributed by atoms with Crippen LogP contribution in [0.3, 0.4) is 0 Å². The number of benzene rings is 1. The zero-order chi connectivity index (χ0) is 16.4. The Bertz CT molecular complexity index is 895. The fourth-order valence-corrected chi connectivity index (χ4v) is 2.71. The Kier molecular flexibility index (Phi) is 4.45. The van der Waals surface area contributed by atoms with E-state index in [1.165, 1.54) is 0 Å². The summed E-state index contributed by atoms with van der Waals surface area (Å²) in [6, 6.07) is 7.85. The van der Waals surface area contributed by atoms with Gasteiger partial charge in [0.2, 0.25) is 5.78 Å². The molecule has 0 unspecified atom stereocenters. The van der Waals surface area contributed by atoms with Gasteiger partial charge in [-0.2, -0.15) is 0 Å². The summed E-state index contributed by atoms with van der Waals surface area (Å²) in [5.74, 6) is 0.662. The molecule has 3 aromatic rings. The maximum atomic E-state index is 12.7. The second-order valence-electron chi connectivity index (χ2n) is 5.51. The van der Waals surface area contributed by atoms with Gasteiger partial charge >= 0.3 is 0 Å². The Labute approximate surface area is 134 Å². The number of methoxy groups -OCH3 is 1. The Balaban J connectivity index is 2.09. The van der Waals surface area contributed by atoms with Crippen molar-refractivity contribution in [2.45, 2.75) is 20.4 Å². The fraction of sp³-hybridized carbons (Fsp3) is 0.412. The molecule has 0 saturated heterocycles. The molecule has 0 aliphatic carbocycles. The minimum atomic E-state index is -0.0113. The Morgan fingerprint density at radius 2 is 1.83 bits per heavy atom. The minimum absolute atomic E-state index is 0.0113. The van der Waals surface area contributed by atoms with Gasteiger partial charge in [-0.25, -0.2) is 9.38 Å². The molecular weight excluding hydrogens is 294 g/mol. The highest BCUT2D eigenvalue weighted by Crippen LogP contribution is 2.19. The molecule has 0 fully saturated rings. The van der Waals surface area contributed by atoms with Crippen LogP contribution in [0.5, 0.6) is 0 Å². The van der Waals surface area contributed by atoms with Crippen LogP contribution in [-0.2, 0) is 16.0 Å². The highest BCUT2D eigenvalue weighted by Gasteiger charge is 2.15. The summed E-state index contributed by atoms with van der Waals surface area (Å²) in [5.41, 5.74) is 3.29. The highest BCUT2D eigenvalue weighted by molar-refractivity contribution is 5.80. The number of aryl methyl sites for hydroxylation is 1. The zero-order valence-electron chi connectivity index (χ0n) is 13.7. The van der Waals surface area contributed by atoms with Crippen LogP contribution in [0, 0.1) is 13.8 Å². The molecule has 2 aromatic heterocycles. The molecule has 0 aliphatic heterocycles. The van der Waals surface area contributed by atoms with Gasteiger partial charge in [0.15, 0.2) is 0 Å². The maximum absolute atomic E-state index is 12.7. The van der Waals surface area contributed by atoms with E-state index in [0.717, 1.165) is 16.7 Å². The average molecular weight is 315 g/mol. The number of imidazole rings is 1. The molecule has 0 aliphatic rings. The van der Waals surface area contributed by atoms with Crippen LogP contribution < -0.4 is 5.56 Å². The monoisotopic (exact) mass is 315 g/mol. The summed E-state index contributed by atoms with van der Waals surface area (Å²) in [6.07, 6.45) is 0. The first kappa shape index (κ1) is 15.7. The number of para-hydroxylation sites is 2. The van der Waals surface area contributed by atoms with Crippen LogP contribution >= 0.6 is 0 Å². The molecule has 23 heavy (non-hydrogen) atoms. The molecule has 3 rings (SSSR count). The second kappa shape index (κ2) is 6.52. The van der Waals surface area contributed by atoms with Gasteiger partial charge in [0.25, 0.3) is 5.56 Å². The number of ether oxygens (including phenoxy) is 2. The van der Waals surface area contributed by atoms with Crippen molar-refractivity contribution in [2.75, 3.05) is 26.9 Å². The van der Waals surface area contributed by atoms with E-state index in [0.29, 0.717) is 37.7 Å². The molecule has 122 valence electrons. The number of fused-ring (bicyclic) bond motifs is 3. The van der Waals surface area contributed by atoms with E-state index in [1.807, 2.05) is 42.7 Å². The van der Waals surface area contributed by atoms with Crippen molar-refractivity contribution in [3.8, 4) is 0 Å². The van der Waals surface area contributed by atoms with Crippen molar-refractivity contribution < 1.29 is 9.47 Å². The Morgan fingerprint density at radius 3 is 2.57 bits per heavy atom. The number of hydrogen-bond acceptors (Lipinski definition) is 4. The number of rotatable bonds is 6. The quantitative estimate of drug-likeness (QED) is 0.652. The van der Waals surface area contributed by atoms with Gasteiger partial charge in [0.05, 0.1) is 30.9 Å². The lowest BCUT2D eigenvalue weighted by Crippen LogP contribution is -2.19. The topological polar surface area (TPSA) is 57.8 Å². The van der Waals surface area contributed by atoms with E-state index >= 15 is 0 Å². The SMILES string of the molecule is COCCOCCn1c2ccccc2n2c(=O)c(C)c(C)nc12. The second-order valence-corrected chi connectivity index (χ2v) is 5.51. The lowest BCUT2D eigenvalue weighted by molar-refractivity contribution is 0.0672. The van der Waals surface area contributed by atoms with Gasteiger partial charge in [0, 0.05) is 24.9 Å². The molecule has 0 radical (unpaired) electrons. The summed E-state index contributed by atoms with van der Waals surface area (Å²) in [6.45, 7) is 5.99. The molecule has 6 heteroatoms.